The lowest BCUT2D eigenvalue weighted by Gasteiger charge is -2.14. The highest BCUT2D eigenvalue weighted by molar-refractivity contribution is 7.73. The molecule has 32 heavy (non-hydrogen) atoms. The first-order chi connectivity index (χ1) is 15.3. The molecule has 0 saturated carbocycles. The predicted molar refractivity (Wildman–Crippen MR) is 129 cm³/mol. The van der Waals surface area contributed by atoms with Gasteiger partial charge in [-0.05, 0) is 56.8 Å². The Bertz CT molecular complexity index is 1450. The van der Waals surface area contributed by atoms with Crippen molar-refractivity contribution >= 4 is 51.9 Å². The molecule has 1 atom stereocenters. The van der Waals surface area contributed by atoms with Gasteiger partial charge in [0.05, 0.1) is 16.9 Å². The quantitative estimate of drug-likeness (QED) is 0.384. The number of amides is 2. The minimum Gasteiger partial charge on any atom is -0.349 e. The standard InChI is InChI=1S/C23H22N4O3S2/c1-12(2)24-22(30)18-19-26-21(29)16-10-9-15(11-17(16)27(19)23(31)32-18)20(28)25-13(3)14-7-5-4-6-8-14/h4-13H,1-3H3,(H,24,30)(H,25,28)(H,26,29). The summed E-state index contributed by atoms with van der Waals surface area (Å²) >= 11 is 6.62. The molecule has 4 aromatic rings. The van der Waals surface area contributed by atoms with Gasteiger partial charge in [0.25, 0.3) is 17.4 Å². The lowest BCUT2D eigenvalue weighted by Crippen LogP contribution is -2.30. The second-order valence-electron chi connectivity index (χ2n) is 7.80. The number of fused-ring (bicyclic) bond motifs is 3. The second kappa shape index (κ2) is 8.68. The van der Waals surface area contributed by atoms with Crippen LogP contribution < -0.4 is 16.2 Å². The zero-order chi connectivity index (χ0) is 23.0. The number of benzene rings is 2. The number of carbonyl (C=O) groups excluding carboxylic acids is 2. The van der Waals surface area contributed by atoms with Crippen LogP contribution >= 0.6 is 23.6 Å². The van der Waals surface area contributed by atoms with Crippen molar-refractivity contribution in [2.24, 2.45) is 0 Å². The van der Waals surface area contributed by atoms with Crippen LogP contribution in [-0.4, -0.2) is 27.2 Å². The topological polar surface area (TPSA) is 95.5 Å². The van der Waals surface area contributed by atoms with E-state index in [1.165, 1.54) is 0 Å². The highest BCUT2D eigenvalue weighted by Gasteiger charge is 2.20. The molecule has 9 heteroatoms. The number of thiazole rings is 1. The minimum atomic E-state index is -0.351. The molecule has 0 aliphatic rings. The van der Waals surface area contributed by atoms with E-state index >= 15 is 0 Å². The molecule has 7 nitrogen and oxygen atoms in total. The average molecular weight is 467 g/mol. The number of hydrogen-bond acceptors (Lipinski definition) is 5. The molecule has 2 aromatic heterocycles. The van der Waals surface area contributed by atoms with Crippen LogP contribution in [0.4, 0.5) is 0 Å². The Morgan fingerprint density at radius 2 is 1.75 bits per heavy atom. The van der Waals surface area contributed by atoms with Crippen molar-refractivity contribution in [3.63, 3.8) is 0 Å². The summed E-state index contributed by atoms with van der Waals surface area (Å²) in [7, 11) is 0. The molecule has 0 fully saturated rings. The van der Waals surface area contributed by atoms with Gasteiger partial charge in [-0.3, -0.25) is 18.8 Å². The fourth-order valence-electron chi connectivity index (χ4n) is 3.52. The minimum absolute atomic E-state index is 0.0627. The van der Waals surface area contributed by atoms with Crippen molar-refractivity contribution in [3.05, 3.63) is 78.8 Å². The van der Waals surface area contributed by atoms with Gasteiger partial charge in [-0.25, -0.2) is 0 Å². The van der Waals surface area contributed by atoms with E-state index in [9.17, 15) is 14.4 Å². The van der Waals surface area contributed by atoms with Gasteiger partial charge < -0.3 is 15.6 Å². The molecule has 2 heterocycles. The lowest BCUT2D eigenvalue weighted by atomic mass is 10.1. The summed E-state index contributed by atoms with van der Waals surface area (Å²) in [5.41, 5.74) is 1.84. The zero-order valence-electron chi connectivity index (χ0n) is 17.8. The molecule has 1 unspecified atom stereocenters. The Balaban J connectivity index is 1.79. The molecule has 0 spiro atoms. The number of aromatic amines is 1. The van der Waals surface area contributed by atoms with E-state index in [0.717, 1.165) is 16.9 Å². The number of hydrogen-bond donors (Lipinski definition) is 3. The summed E-state index contributed by atoms with van der Waals surface area (Å²) in [4.78, 5) is 41.3. The first kappa shape index (κ1) is 21.9. The fraction of sp³-hybridized carbons (Fsp3) is 0.217. The van der Waals surface area contributed by atoms with Gasteiger partial charge in [-0.2, -0.15) is 0 Å². The summed E-state index contributed by atoms with van der Waals surface area (Å²) in [5, 5.41) is 6.19. The van der Waals surface area contributed by atoms with Crippen LogP contribution in [0.25, 0.3) is 16.6 Å². The third-order valence-corrected chi connectivity index (χ3v) is 6.43. The molecule has 0 aliphatic heterocycles. The smallest absolute Gasteiger partial charge is 0.265 e. The van der Waals surface area contributed by atoms with E-state index < -0.39 is 0 Å². The second-order valence-corrected chi connectivity index (χ2v) is 9.45. The molecule has 0 bridgehead atoms. The SMILES string of the molecule is CC(C)NC(=O)c1sc(=S)n2c1[nH]c(=O)c1ccc(C(=O)NC(C)c3ccccc3)cc12. The van der Waals surface area contributed by atoms with Crippen molar-refractivity contribution in [1.82, 2.24) is 20.0 Å². The number of nitrogens with one attached hydrogen (secondary N) is 3. The van der Waals surface area contributed by atoms with E-state index in [-0.39, 0.29) is 29.5 Å². The van der Waals surface area contributed by atoms with Gasteiger partial charge in [0.15, 0.2) is 3.95 Å². The molecule has 2 amide bonds. The number of aromatic nitrogens is 2. The maximum Gasteiger partial charge on any atom is 0.265 e. The highest BCUT2D eigenvalue weighted by atomic mass is 32.1. The third-order valence-electron chi connectivity index (χ3n) is 5.06. The predicted octanol–water partition coefficient (Wildman–Crippen LogP) is 4.20. The Hall–Kier alpha value is -3.30. The molecule has 0 saturated heterocycles. The van der Waals surface area contributed by atoms with E-state index in [0.29, 0.717) is 30.9 Å². The van der Waals surface area contributed by atoms with Gasteiger partial charge in [0.2, 0.25) is 0 Å². The summed E-state index contributed by atoms with van der Waals surface area (Å²) in [5.74, 6) is -0.574. The Kier molecular flexibility index (Phi) is 5.94. The normalized spacial score (nSPS) is 12.2. The summed E-state index contributed by atoms with van der Waals surface area (Å²) in [6.45, 7) is 5.62. The molecule has 3 N–H and O–H groups in total. The van der Waals surface area contributed by atoms with Crippen LogP contribution in [0.1, 0.15) is 52.4 Å². The van der Waals surface area contributed by atoms with Gasteiger partial charge >= 0.3 is 0 Å². The van der Waals surface area contributed by atoms with Crippen LogP contribution in [0.5, 0.6) is 0 Å². The Morgan fingerprint density at radius 1 is 1.03 bits per heavy atom. The van der Waals surface area contributed by atoms with Gasteiger partial charge in [0.1, 0.15) is 10.5 Å². The van der Waals surface area contributed by atoms with Crippen LogP contribution in [0, 0.1) is 3.95 Å². The molecule has 4 rings (SSSR count). The van der Waals surface area contributed by atoms with Crippen LogP contribution in [0.15, 0.2) is 53.3 Å². The van der Waals surface area contributed by atoms with Crippen molar-refractivity contribution in [2.45, 2.75) is 32.9 Å². The van der Waals surface area contributed by atoms with Crippen molar-refractivity contribution < 1.29 is 9.59 Å². The largest absolute Gasteiger partial charge is 0.349 e. The zero-order valence-corrected chi connectivity index (χ0v) is 19.4. The maximum atomic E-state index is 12.9. The first-order valence-corrected chi connectivity index (χ1v) is 11.4. The Morgan fingerprint density at radius 3 is 2.44 bits per heavy atom. The molecule has 0 radical (unpaired) electrons. The van der Waals surface area contributed by atoms with E-state index in [1.807, 2.05) is 51.1 Å². The summed E-state index contributed by atoms with van der Waals surface area (Å²) in [6.07, 6.45) is 0. The van der Waals surface area contributed by atoms with Crippen molar-refractivity contribution in [1.29, 1.82) is 0 Å². The van der Waals surface area contributed by atoms with Gasteiger partial charge in [0, 0.05) is 11.6 Å². The fourth-order valence-corrected chi connectivity index (χ4v) is 4.80. The number of carbonyl (C=O) groups is 2. The van der Waals surface area contributed by atoms with Crippen LogP contribution in [0.2, 0.25) is 0 Å². The molecule has 0 aliphatic carbocycles. The van der Waals surface area contributed by atoms with E-state index in [4.69, 9.17) is 12.2 Å². The van der Waals surface area contributed by atoms with Crippen molar-refractivity contribution in [3.8, 4) is 0 Å². The first-order valence-electron chi connectivity index (χ1n) is 10.1. The monoisotopic (exact) mass is 466 g/mol. The summed E-state index contributed by atoms with van der Waals surface area (Å²) in [6, 6.07) is 14.3. The number of nitrogens with zero attached hydrogens (tertiary/aromatic N) is 1. The molecular formula is C23H22N4O3S2. The number of rotatable bonds is 5. The van der Waals surface area contributed by atoms with Crippen molar-refractivity contribution in [2.75, 3.05) is 0 Å². The number of H-pyrrole nitrogens is 1. The average Bonchev–Trinajstić information content (AvgIpc) is 3.10. The van der Waals surface area contributed by atoms with Crippen LogP contribution in [-0.2, 0) is 0 Å². The molecular weight excluding hydrogens is 444 g/mol. The van der Waals surface area contributed by atoms with Crippen LogP contribution in [0.3, 0.4) is 0 Å². The van der Waals surface area contributed by atoms with E-state index in [1.54, 1.807) is 22.6 Å². The molecule has 2 aromatic carbocycles. The maximum absolute atomic E-state index is 12.9. The molecule has 164 valence electrons. The van der Waals surface area contributed by atoms with Gasteiger partial charge in [-0.1, -0.05) is 41.7 Å². The Labute approximate surface area is 193 Å². The highest BCUT2D eigenvalue weighted by Crippen LogP contribution is 2.24. The van der Waals surface area contributed by atoms with E-state index in [2.05, 4.69) is 15.6 Å². The lowest BCUT2D eigenvalue weighted by molar-refractivity contribution is 0.0934. The third kappa shape index (κ3) is 4.09. The summed E-state index contributed by atoms with van der Waals surface area (Å²) < 4.78 is 2.05. The van der Waals surface area contributed by atoms with Gasteiger partial charge in [-0.15, -0.1) is 0 Å².